The van der Waals surface area contributed by atoms with Crippen LogP contribution in [0.25, 0.3) is 5.69 Å². The molecule has 35 heavy (non-hydrogen) atoms. The summed E-state index contributed by atoms with van der Waals surface area (Å²) < 4.78 is 59.2. The van der Waals surface area contributed by atoms with Crippen LogP contribution in [0.4, 0.5) is 33.7 Å². The fraction of sp³-hybridized carbons (Fsp3) is 0.0870. The molecule has 0 aliphatic carbocycles. The van der Waals surface area contributed by atoms with E-state index in [0.717, 1.165) is 12.1 Å². The van der Waals surface area contributed by atoms with E-state index in [1.54, 1.807) is 36.5 Å². The maximum atomic E-state index is 13.1. The molecule has 0 fully saturated rings. The first-order valence-electron chi connectivity index (χ1n) is 10.0. The zero-order valence-electron chi connectivity index (χ0n) is 17.7. The van der Waals surface area contributed by atoms with Crippen LogP contribution in [0.2, 0.25) is 5.02 Å². The topological polar surface area (TPSA) is 81.1 Å². The summed E-state index contributed by atoms with van der Waals surface area (Å²) in [5.41, 5.74) is 0.360. The number of rotatable bonds is 6. The summed E-state index contributed by atoms with van der Waals surface area (Å²) in [5.74, 6) is 0.0452. The van der Waals surface area contributed by atoms with Crippen molar-refractivity contribution >= 4 is 29.0 Å². The SMILES string of the molecule is O=C(Nc1cccc(OCc2cn(-c3ccc(F)cc3)nn2)c1)Nc1ccc(Cl)c(C(F)(F)F)c1. The Labute approximate surface area is 201 Å². The van der Waals surface area contributed by atoms with E-state index in [2.05, 4.69) is 20.9 Å². The smallest absolute Gasteiger partial charge is 0.417 e. The third-order valence-corrected chi connectivity index (χ3v) is 4.97. The van der Waals surface area contributed by atoms with Gasteiger partial charge in [-0.25, -0.2) is 13.9 Å². The van der Waals surface area contributed by atoms with Crippen molar-refractivity contribution in [3.8, 4) is 11.4 Å². The number of nitrogens with one attached hydrogen (secondary N) is 2. The number of benzene rings is 3. The van der Waals surface area contributed by atoms with E-state index in [4.69, 9.17) is 16.3 Å². The second kappa shape index (κ2) is 10.0. The van der Waals surface area contributed by atoms with Crippen molar-refractivity contribution < 1.29 is 27.1 Å². The number of alkyl halides is 3. The number of urea groups is 1. The molecule has 2 amide bonds. The minimum Gasteiger partial charge on any atom is -0.487 e. The number of ether oxygens (including phenoxy) is 1. The first kappa shape index (κ1) is 24.0. The van der Waals surface area contributed by atoms with Crippen LogP contribution in [-0.4, -0.2) is 21.0 Å². The van der Waals surface area contributed by atoms with E-state index in [0.29, 0.717) is 22.8 Å². The lowest BCUT2D eigenvalue weighted by molar-refractivity contribution is -0.137. The molecule has 0 saturated heterocycles. The van der Waals surface area contributed by atoms with Crippen LogP contribution in [-0.2, 0) is 12.8 Å². The highest BCUT2D eigenvalue weighted by Crippen LogP contribution is 2.36. The molecule has 0 atom stereocenters. The van der Waals surface area contributed by atoms with Crippen molar-refractivity contribution in [2.75, 3.05) is 10.6 Å². The molecule has 0 aliphatic heterocycles. The highest BCUT2D eigenvalue weighted by molar-refractivity contribution is 6.31. The lowest BCUT2D eigenvalue weighted by Crippen LogP contribution is -2.20. The Morgan fingerprint density at radius 1 is 1.00 bits per heavy atom. The Hall–Kier alpha value is -4.12. The standard InChI is InChI=1S/C23H16ClF4N5O2/c24-21-9-6-16(11-20(21)23(26,27)28)30-22(34)29-15-2-1-3-19(10-15)35-13-17-12-33(32-31-17)18-7-4-14(25)5-8-18/h1-12H,13H2,(H2,29,30,34). The number of nitrogens with zero attached hydrogens (tertiary/aromatic N) is 3. The quantitative estimate of drug-likeness (QED) is 0.301. The number of halogens is 5. The van der Waals surface area contributed by atoms with Gasteiger partial charge in [0.15, 0.2) is 0 Å². The lowest BCUT2D eigenvalue weighted by atomic mass is 10.2. The summed E-state index contributed by atoms with van der Waals surface area (Å²) in [7, 11) is 0. The molecule has 0 unspecified atom stereocenters. The second-order valence-corrected chi connectivity index (χ2v) is 7.63. The van der Waals surface area contributed by atoms with Crippen molar-refractivity contribution in [3.63, 3.8) is 0 Å². The van der Waals surface area contributed by atoms with Gasteiger partial charge in [0.25, 0.3) is 0 Å². The molecule has 0 saturated carbocycles. The van der Waals surface area contributed by atoms with Crippen LogP contribution in [0, 0.1) is 5.82 Å². The molecular formula is C23H16ClF4N5O2. The lowest BCUT2D eigenvalue weighted by Gasteiger charge is -2.13. The van der Waals surface area contributed by atoms with Gasteiger partial charge in [-0.3, -0.25) is 0 Å². The van der Waals surface area contributed by atoms with Crippen LogP contribution in [0.3, 0.4) is 0 Å². The van der Waals surface area contributed by atoms with Crippen molar-refractivity contribution in [3.05, 3.63) is 95.0 Å². The van der Waals surface area contributed by atoms with E-state index in [1.807, 2.05) is 0 Å². The van der Waals surface area contributed by atoms with E-state index < -0.39 is 22.8 Å². The van der Waals surface area contributed by atoms with Crippen LogP contribution >= 0.6 is 11.6 Å². The average Bonchev–Trinajstić information content (AvgIpc) is 3.28. The summed E-state index contributed by atoms with van der Waals surface area (Å²) in [4.78, 5) is 12.3. The fourth-order valence-corrected chi connectivity index (χ4v) is 3.24. The largest absolute Gasteiger partial charge is 0.487 e. The maximum absolute atomic E-state index is 13.1. The molecule has 0 spiro atoms. The van der Waals surface area contributed by atoms with Gasteiger partial charge in [-0.2, -0.15) is 13.2 Å². The Balaban J connectivity index is 1.35. The van der Waals surface area contributed by atoms with Gasteiger partial charge in [-0.1, -0.05) is 22.9 Å². The molecule has 0 aliphatic rings. The van der Waals surface area contributed by atoms with Crippen LogP contribution in [0.5, 0.6) is 5.75 Å². The van der Waals surface area contributed by atoms with E-state index in [-0.39, 0.29) is 18.1 Å². The molecule has 180 valence electrons. The van der Waals surface area contributed by atoms with E-state index >= 15 is 0 Å². The summed E-state index contributed by atoms with van der Waals surface area (Å²) >= 11 is 5.59. The monoisotopic (exact) mass is 505 g/mol. The first-order chi connectivity index (χ1) is 16.7. The normalized spacial score (nSPS) is 11.2. The van der Waals surface area contributed by atoms with Crippen LogP contribution < -0.4 is 15.4 Å². The third-order valence-electron chi connectivity index (χ3n) is 4.64. The molecule has 7 nitrogen and oxygen atoms in total. The summed E-state index contributed by atoms with van der Waals surface area (Å²) in [6.45, 7) is 0.0713. The van der Waals surface area contributed by atoms with E-state index in [1.165, 1.54) is 28.9 Å². The zero-order chi connectivity index (χ0) is 25.0. The van der Waals surface area contributed by atoms with Crippen molar-refractivity contribution in [1.82, 2.24) is 15.0 Å². The third kappa shape index (κ3) is 6.27. The minimum absolute atomic E-state index is 0.0713. The molecule has 4 rings (SSSR count). The zero-order valence-corrected chi connectivity index (χ0v) is 18.4. The van der Waals surface area contributed by atoms with Gasteiger partial charge in [0, 0.05) is 17.4 Å². The van der Waals surface area contributed by atoms with Crippen molar-refractivity contribution in [2.45, 2.75) is 12.8 Å². The highest BCUT2D eigenvalue weighted by atomic mass is 35.5. The molecule has 0 radical (unpaired) electrons. The average molecular weight is 506 g/mol. The first-order valence-corrected chi connectivity index (χ1v) is 10.4. The molecule has 3 aromatic carbocycles. The number of hydrogen-bond donors (Lipinski definition) is 2. The maximum Gasteiger partial charge on any atom is 0.417 e. The molecule has 4 aromatic rings. The van der Waals surface area contributed by atoms with Gasteiger partial charge in [-0.15, -0.1) is 5.10 Å². The molecule has 1 heterocycles. The molecule has 1 aromatic heterocycles. The number of amides is 2. The van der Waals surface area contributed by atoms with Crippen molar-refractivity contribution in [2.24, 2.45) is 0 Å². The number of carbonyl (C=O) groups excluding carboxylic acids is 1. The van der Waals surface area contributed by atoms with Gasteiger partial charge in [-0.05, 0) is 54.6 Å². The Bertz CT molecular complexity index is 1340. The number of anilines is 2. The molecule has 2 N–H and O–H groups in total. The van der Waals surface area contributed by atoms with Gasteiger partial charge >= 0.3 is 12.2 Å². The van der Waals surface area contributed by atoms with Gasteiger partial charge in [0.1, 0.15) is 23.9 Å². The summed E-state index contributed by atoms with van der Waals surface area (Å²) in [5, 5.41) is 12.4. The van der Waals surface area contributed by atoms with Gasteiger partial charge < -0.3 is 15.4 Å². The van der Waals surface area contributed by atoms with E-state index in [9.17, 15) is 22.4 Å². The minimum atomic E-state index is -4.65. The van der Waals surface area contributed by atoms with Gasteiger partial charge in [0.05, 0.1) is 22.5 Å². The number of carbonyl (C=O) groups is 1. The number of hydrogen-bond acceptors (Lipinski definition) is 4. The Morgan fingerprint density at radius 3 is 2.43 bits per heavy atom. The van der Waals surface area contributed by atoms with Gasteiger partial charge in [0.2, 0.25) is 0 Å². The van der Waals surface area contributed by atoms with Crippen LogP contribution in [0.15, 0.2) is 72.9 Å². The highest BCUT2D eigenvalue weighted by Gasteiger charge is 2.33. The van der Waals surface area contributed by atoms with Crippen LogP contribution in [0.1, 0.15) is 11.3 Å². The fourth-order valence-electron chi connectivity index (χ4n) is 3.02. The number of aromatic nitrogens is 3. The Kier molecular flexibility index (Phi) is 6.87. The predicted octanol–water partition coefficient (Wildman–Crippen LogP) is 6.30. The summed E-state index contributed by atoms with van der Waals surface area (Å²) in [6.07, 6.45) is -3.02. The Morgan fingerprint density at radius 2 is 1.71 bits per heavy atom. The second-order valence-electron chi connectivity index (χ2n) is 7.22. The summed E-state index contributed by atoms with van der Waals surface area (Å²) in [6, 6.07) is 14.5. The van der Waals surface area contributed by atoms with Crippen molar-refractivity contribution in [1.29, 1.82) is 0 Å². The molecular weight excluding hydrogens is 490 g/mol. The predicted molar refractivity (Wildman–Crippen MR) is 121 cm³/mol. The molecule has 0 bridgehead atoms. The molecule has 12 heteroatoms.